The van der Waals surface area contributed by atoms with Gasteiger partial charge in [0, 0.05) is 49.2 Å². The molecule has 0 radical (unpaired) electrons. The average molecular weight is 334 g/mol. The summed E-state index contributed by atoms with van der Waals surface area (Å²) in [6.45, 7) is 4.87. The predicted molar refractivity (Wildman–Crippen MR) is 98.9 cm³/mol. The van der Waals surface area contributed by atoms with Gasteiger partial charge in [-0.05, 0) is 13.1 Å². The van der Waals surface area contributed by atoms with E-state index in [0.717, 1.165) is 49.3 Å². The highest BCUT2D eigenvalue weighted by Crippen LogP contribution is 2.29. The quantitative estimate of drug-likeness (QED) is 0.685. The first-order chi connectivity index (χ1) is 12.2. The number of furan rings is 1. The third kappa shape index (κ3) is 3.23. The Hall–Kier alpha value is -2.43. The van der Waals surface area contributed by atoms with Gasteiger partial charge in [0.2, 0.25) is 5.78 Å². The van der Waals surface area contributed by atoms with E-state index >= 15 is 0 Å². The van der Waals surface area contributed by atoms with Crippen LogP contribution in [0.5, 0.6) is 0 Å². The zero-order chi connectivity index (χ0) is 17.2. The van der Waals surface area contributed by atoms with Crippen molar-refractivity contribution in [3.63, 3.8) is 0 Å². The van der Waals surface area contributed by atoms with Crippen molar-refractivity contribution < 1.29 is 9.21 Å². The maximum absolute atomic E-state index is 13.0. The average Bonchev–Trinajstić information content (AvgIpc) is 3.02. The summed E-state index contributed by atoms with van der Waals surface area (Å²) in [4.78, 5) is 17.7. The summed E-state index contributed by atoms with van der Waals surface area (Å²) in [5, 5.41) is 1.04. The van der Waals surface area contributed by atoms with Crippen molar-refractivity contribution >= 4 is 16.8 Å². The number of likely N-dealkylation sites (N-methyl/N-ethyl adjacent to an activating group) is 1. The van der Waals surface area contributed by atoms with Crippen LogP contribution in [-0.4, -0.2) is 48.8 Å². The lowest BCUT2D eigenvalue weighted by molar-refractivity contribution is 0.101. The lowest BCUT2D eigenvalue weighted by atomic mass is 10.0. The van der Waals surface area contributed by atoms with Gasteiger partial charge in [-0.2, -0.15) is 0 Å². The van der Waals surface area contributed by atoms with Crippen molar-refractivity contribution in [2.24, 2.45) is 0 Å². The first-order valence-electron chi connectivity index (χ1n) is 8.73. The van der Waals surface area contributed by atoms with Crippen LogP contribution >= 0.6 is 0 Å². The van der Waals surface area contributed by atoms with Crippen molar-refractivity contribution in [1.82, 2.24) is 9.80 Å². The number of hydrogen-bond acceptors (Lipinski definition) is 4. The van der Waals surface area contributed by atoms with Gasteiger partial charge in [-0.15, -0.1) is 0 Å². The summed E-state index contributed by atoms with van der Waals surface area (Å²) in [5.41, 5.74) is 2.46. The first-order valence-corrected chi connectivity index (χ1v) is 8.73. The molecule has 0 aliphatic carbocycles. The van der Waals surface area contributed by atoms with Gasteiger partial charge in [-0.1, -0.05) is 48.5 Å². The smallest absolute Gasteiger partial charge is 0.228 e. The molecule has 0 N–H and O–H groups in total. The van der Waals surface area contributed by atoms with Gasteiger partial charge in [0.15, 0.2) is 5.76 Å². The van der Waals surface area contributed by atoms with Crippen molar-refractivity contribution in [1.29, 1.82) is 0 Å². The van der Waals surface area contributed by atoms with Crippen LogP contribution in [0.25, 0.3) is 11.0 Å². The van der Waals surface area contributed by atoms with Crippen LogP contribution in [0.4, 0.5) is 0 Å². The number of benzene rings is 2. The Morgan fingerprint density at radius 3 is 2.40 bits per heavy atom. The molecule has 0 unspecified atom stereocenters. The van der Waals surface area contributed by atoms with Gasteiger partial charge in [0.1, 0.15) is 5.58 Å². The number of carbonyl (C=O) groups excluding carboxylic acids is 1. The minimum atomic E-state index is -0.0408. The Kier molecular flexibility index (Phi) is 4.38. The molecule has 0 saturated carbocycles. The highest BCUT2D eigenvalue weighted by atomic mass is 16.3. The molecule has 2 heterocycles. The molecule has 4 rings (SSSR count). The summed E-state index contributed by atoms with van der Waals surface area (Å²) in [5.74, 6) is 0.437. The molecule has 0 bridgehead atoms. The molecule has 1 fully saturated rings. The second-order valence-electron chi connectivity index (χ2n) is 6.68. The predicted octanol–water partition coefficient (Wildman–Crippen LogP) is 3.41. The standard InChI is InChI=1S/C21H22N2O2/c1-22-11-13-23(14-12-22)15-18-17-9-5-6-10-19(17)25-21(18)20(24)16-7-3-2-4-8-16/h2-10H,11-15H2,1H3. The fourth-order valence-electron chi connectivity index (χ4n) is 3.39. The molecule has 0 atom stereocenters. The largest absolute Gasteiger partial charge is 0.452 e. The second kappa shape index (κ2) is 6.82. The molecule has 3 aromatic rings. The number of hydrogen-bond donors (Lipinski definition) is 0. The maximum atomic E-state index is 13.0. The molecule has 1 aliphatic heterocycles. The van der Waals surface area contributed by atoms with Crippen LogP contribution in [0.1, 0.15) is 21.7 Å². The Balaban J connectivity index is 1.72. The molecule has 25 heavy (non-hydrogen) atoms. The van der Waals surface area contributed by atoms with Gasteiger partial charge in [-0.3, -0.25) is 9.69 Å². The fourth-order valence-corrected chi connectivity index (χ4v) is 3.39. The lowest BCUT2D eigenvalue weighted by Gasteiger charge is -2.32. The zero-order valence-corrected chi connectivity index (χ0v) is 14.4. The van der Waals surface area contributed by atoms with E-state index in [-0.39, 0.29) is 5.78 Å². The first kappa shape index (κ1) is 16.1. The number of nitrogens with zero attached hydrogens (tertiary/aromatic N) is 2. The normalized spacial score (nSPS) is 16.4. The minimum Gasteiger partial charge on any atom is -0.452 e. The number of piperazine rings is 1. The lowest BCUT2D eigenvalue weighted by Crippen LogP contribution is -2.44. The number of fused-ring (bicyclic) bond motifs is 1. The van der Waals surface area contributed by atoms with Gasteiger partial charge in [0.05, 0.1) is 0 Å². The van der Waals surface area contributed by atoms with Crippen molar-refractivity contribution in [2.75, 3.05) is 33.2 Å². The molecule has 0 spiro atoms. The molecule has 2 aromatic carbocycles. The Morgan fingerprint density at radius 2 is 1.64 bits per heavy atom. The van der Waals surface area contributed by atoms with Crippen LogP contribution in [0.3, 0.4) is 0 Å². The van der Waals surface area contributed by atoms with Crippen LogP contribution in [-0.2, 0) is 6.54 Å². The van der Waals surface area contributed by atoms with E-state index in [9.17, 15) is 4.79 Å². The minimum absolute atomic E-state index is 0.0408. The maximum Gasteiger partial charge on any atom is 0.228 e. The van der Waals surface area contributed by atoms with Crippen molar-refractivity contribution in [3.8, 4) is 0 Å². The van der Waals surface area contributed by atoms with Crippen LogP contribution < -0.4 is 0 Å². The molecular formula is C21H22N2O2. The number of ketones is 1. The Morgan fingerprint density at radius 1 is 0.960 bits per heavy atom. The third-order valence-electron chi connectivity index (χ3n) is 4.92. The van der Waals surface area contributed by atoms with Crippen LogP contribution in [0.15, 0.2) is 59.0 Å². The second-order valence-corrected chi connectivity index (χ2v) is 6.68. The van der Waals surface area contributed by atoms with E-state index in [2.05, 4.69) is 16.8 Å². The molecule has 1 saturated heterocycles. The summed E-state index contributed by atoms with van der Waals surface area (Å²) in [6.07, 6.45) is 0. The van der Waals surface area contributed by atoms with Gasteiger partial charge in [-0.25, -0.2) is 0 Å². The van der Waals surface area contributed by atoms with Crippen LogP contribution in [0, 0.1) is 0 Å². The van der Waals surface area contributed by atoms with Crippen molar-refractivity contribution in [3.05, 3.63) is 71.5 Å². The third-order valence-corrected chi connectivity index (χ3v) is 4.92. The Labute approximate surface area is 147 Å². The van der Waals surface area contributed by atoms with Crippen molar-refractivity contribution in [2.45, 2.75) is 6.54 Å². The van der Waals surface area contributed by atoms with Crippen LogP contribution in [0.2, 0.25) is 0 Å². The zero-order valence-electron chi connectivity index (χ0n) is 14.4. The highest BCUT2D eigenvalue weighted by Gasteiger charge is 2.24. The molecule has 4 heteroatoms. The topological polar surface area (TPSA) is 36.7 Å². The van der Waals surface area contributed by atoms with E-state index in [0.29, 0.717) is 11.3 Å². The molecule has 0 amide bonds. The molecule has 1 aromatic heterocycles. The number of carbonyl (C=O) groups is 1. The molecule has 128 valence electrons. The summed E-state index contributed by atoms with van der Waals surface area (Å²) < 4.78 is 5.99. The number of para-hydroxylation sites is 1. The monoisotopic (exact) mass is 334 g/mol. The Bertz CT molecular complexity index is 877. The molecule has 4 nitrogen and oxygen atoms in total. The summed E-state index contributed by atoms with van der Waals surface area (Å²) in [7, 11) is 2.15. The molecule has 1 aliphatic rings. The van der Waals surface area contributed by atoms with E-state index in [4.69, 9.17) is 4.42 Å². The fraction of sp³-hybridized carbons (Fsp3) is 0.286. The summed E-state index contributed by atoms with van der Waals surface area (Å²) in [6, 6.07) is 17.3. The van der Waals surface area contributed by atoms with Gasteiger partial charge < -0.3 is 9.32 Å². The highest BCUT2D eigenvalue weighted by molar-refractivity contribution is 6.10. The van der Waals surface area contributed by atoms with E-state index in [1.807, 2.05) is 54.6 Å². The number of rotatable bonds is 4. The van der Waals surface area contributed by atoms with E-state index < -0.39 is 0 Å². The summed E-state index contributed by atoms with van der Waals surface area (Å²) >= 11 is 0. The van der Waals surface area contributed by atoms with E-state index in [1.54, 1.807) is 0 Å². The SMILES string of the molecule is CN1CCN(Cc2c(C(=O)c3ccccc3)oc3ccccc23)CC1. The molecular weight excluding hydrogens is 312 g/mol. The van der Waals surface area contributed by atoms with Gasteiger partial charge >= 0.3 is 0 Å². The van der Waals surface area contributed by atoms with E-state index in [1.165, 1.54) is 0 Å². The van der Waals surface area contributed by atoms with Gasteiger partial charge in [0.25, 0.3) is 0 Å².